The molecule has 2 aromatic carbocycles. The molecule has 4 aromatic rings. The van der Waals surface area contributed by atoms with E-state index in [1.807, 2.05) is 24.3 Å². The maximum Gasteiger partial charge on any atom is 0.411 e. The Kier molecular flexibility index (Phi) is 9.59. The number of anilines is 2. The highest BCUT2D eigenvalue weighted by Gasteiger charge is 2.20. The summed E-state index contributed by atoms with van der Waals surface area (Å²) in [7, 11) is 1.30. The Morgan fingerprint density at radius 2 is 2.02 bits per heavy atom. The van der Waals surface area contributed by atoms with Crippen LogP contribution in [0.1, 0.15) is 43.0 Å². The lowest BCUT2D eigenvalue weighted by Gasteiger charge is -2.24. The highest BCUT2D eigenvalue weighted by molar-refractivity contribution is 6.30. The van der Waals surface area contributed by atoms with Crippen LogP contribution < -0.4 is 16.0 Å². The van der Waals surface area contributed by atoms with Crippen LogP contribution in [-0.4, -0.2) is 62.1 Å². The summed E-state index contributed by atoms with van der Waals surface area (Å²) in [5.41, 5.74) is 5.10. The van der Waals surface area contributed by atoms with Gasteiger partial charge in [-0.15, -0.1) is 5.10 Å². The molecule has 0 saturated heterocycles. The SMILES string of the molecule is COC(=O)Nc1ccc2c(c1)N[C@@H](CO)CCCC[C@H](NC(=O)/C=C/c1cc(Cl)ccc1-n1cnnn1)c1cc-2ccn1. The molecule has 12 nitrogen and oxygen atoms in total. The van der Waals surface area contributed by atoms with Crippen molar-refractivity contribution >= 4 is 41.1 Å². The summed E-state index contributed by atoms with van der Waals surface area (Å²) in [5, 5.41) is 31.1. The zero-order valence-corrected chi connectivity index (χ0v) is 24.2. The van der Waals surface area contributed by atoms with Gasteiger partial charge >= 0.3 is 6.09 Å². The lowest BCUT2D eigenvalue weighted by atomic mass is 9.96. The molecular weight excluding hydrogens is 572 g/mol. The number of rotatable bonds is 6. The summed E-state index contributed by atoms with van der Waals surface area (Å²) in [6.45, 7) is -0.0587. The monoisotopic (exact) mass is 602 g/mol. The molecule has 0 fully saturated rings. The van der Waals surface area contributed by atoms with Crippen LogP contribution in [-0.2, 0) is 9.53 Å². The molecule has 0 aliphatic carbocycles. The lowest BCUT2D eigenvalue weighted by Crippen LogP contribution is -2.28. The van der Waals surface area contributed by atoms with Gasteiger partial charge in [0.2, 0.25) is 5.91 Å². The van der Waals surface area contributed by atoms with Crippen LogP contribution in [0.4, 0.5) is 16.2 Å². The number of halogens is 1. The molecule has 2 aromatic heterocycles. The second-order valence-electron chi connectivity index (χ2n) is 10.0. The number of aliphatic hydroxyl groups is 1. The van der Waals surface area contributed by atoms with Gasteiger partial charge in [0.1, 0.15) is 6.33 Å². The van der Waals surface area contributed by atoms with Gasteiger partial charge in [-0.2, -0.15) is 4.68 Å². The Labute approximate surface area is 253 Å². The highest BCUT2D eigenvalue weighted by Crippen LogP contribution is 2.34. The van der Waals surface area contributed by atoms with Crippen molar-refractivity contribution in [2.75, 3.05) is 24.4 Å². The van der Waals surface area contributed by atoms with Crippen LogP contribution in [0.5, 0.6) is 0 Å². The predicted molar refractivity (Wildman–Crippen MR) is 163 cm³/mol. The Bertz CT molecular complexity index is 1610. The normalized spacial score (nSPS) is 16.7. The molecule has 4 N–H and O–H groups in total. The molecule has 0 radical (unpaired) electrons. The summed E-state index contributed by atoms with van der Waals surface area (Å²) < 4.78 is 6.23. The first-order valence-corrected chi connectivity index (χ1v) is 14.2. The first kappa shape index (κ1) is 29.7. The molecule has 43 heavy (non-hydrogen) atoms. The van der Waals surface area contributed by atoms with Crippen molar-refractivity contribution in [2.24, 2.45) is 0 Å². The van der Waals surface area contributed by atoms with Crippen LogP contribution in [0.2, 0.25) is 5.02 Å². The van der Waals surface area contributed by atoms with E-state index in [1.54, 1.807) is 36.5 Å². The highest BCUT2D eigenvalue weighted by atomic mass is 35.5. The van der Waals surface area contributed by atoms with Crippen molar-refractivity contribution in [3.8, 4) is 16.8 Å². The first-order valence-electron chi connectivity index (χ1n) is 13.8. The van der Waals surface area contributed by atoms with E-state index in [4.69, 9.17) is 16.3 Å². The van der Waals surface area contributed by atoms with Crippen molar-refractivity contribution in [3.63, 3.8) is 0 Å². The van der Waals surface area contributed by atoms with Crippen molar-refractivity contribution in [1.29, 1.82) is 0 Å². The van der Waals surface area contributed by atoms with Gasteiger partial charge in [0, 0.05) is 45.8 Å². The number of amides is 2. The van der Waals surface area contributed by atoms with E-state index in [-0.39, 0.29) is 24.6 Å². The van der Waals surface area contributed by atoms with Gasteiger partial charge in [-0.1, -0.05) is 30.5 Å². The van der Waals surface area contributed by atoms with Crippen molar-refractivity contribution in [1.82, 2.24) is 30.5 Å². The summed E-state index contributed by atoms with van der Waals surface area (Å²) in [5.74, 6) is -0.291. The predicted octanol–water partition coefficient (Wildman–Crippen LogP) is 4.77. The largest absolute Gasteiger partial charge is 0.453 e. The minimum atomic E-state index is -0.576. The van der Waals surface area contributed by atoms with Crippen LogP contribution in [0.3, 0.4) is 0 Å². The van der Waals surface area contributed by atoms with Gasteiger partial charge in [0.15, 0.2) is 0 Å². The molecule has 222 valence electrons. The fourth-order valence-electron chi connectivity index (χ4n) is 4.96. The number of tetrazole rings is 1. The lowest BCUT2D eigenvalue weighted by molar-refractivity contribution is -0.117. The fourth-order valence-corrected chi connectivity index (χ4v) is 5.14. The van der Waals surface area contributed by atoms with E-state index in [2.05, 4.69) is 36.5 Å². The molecular formula is C30H31ClN8O4. The average Bonchev–Trinajstić information content (AvgIpc) is 3.55. The van der Waals surface area contributed by atoms with E-state index in [1.165, 1.54) is 24.2 Å². The van der Waals surface area contributed by atoms with Gasteiger partial charge < -0.3 is 20.5 Å². The standard InChI is InChI=1S/C30H31ClN8O4/c1-43-30(42)35-22-8-9-24-19-12-13-32-27(15-19)25(5-3-2-4-23(17-40)34-26(24)16-22)36-29(41)11-6-20-14-21(31)7-10-28(20)39-18-33-37-38-39/h6-16,18,23,25,34,40H,2-5,17H2,1H3,(H,35,42)(H,36,41)/b11-6+/t23-,25+/m1/s1. The van der Waals surface area contributed by atoms with Crippen molar-refractivity contribution < 1.29 is 19.4 Å². The third kappa shape index (κ3) is 7.53. The van der Waals surface area contributed by atoms with Gasteiger partial charge in [-0.05, 0) is 77.4 Å². The number of nitrogens with zero attached hydrogens (tertiary/aromatic N) is 5. The molecule has 2 bridgehead atoms. The van der Waals surface area contributed by atoms with E-state index < -0.39 is 6.09 Å². The summed E-state index contributed by atoms with van der Waals surface area (Å²) in [4.78, 5) is 29.6. The molecule has 3 heterocycles. The molecule has 13 heteroatoms. The quantitative estimate of drug-likeness (QED) is 0.228. The first-order chi connectivity index (χ1) is 20.9. The number of hydrogen-bond acceptors (Lipinski definition) is 9. The van der Waals surface area contributed by atoms with Crippen LogP contribution in [0.25, 0.3) is 22.9 Å². The van der Waals surface area contributed by atoms with Crippen LogP contribution in [0, 0.1) is 0 Å². The second kappa shape index (κ2) is 13.9. The number of aromatic nitrogens is 5. The molecule has 1 aliphatic heterocycles. The van der Waals surface area contributed by atoms with Crippen LogP contribution >= 0.6 is 11.6 Å². The number of ether oxygens (including phenoxy) is 1. The number of benzene rings is 2. The third-order valence-corrected chi connectivity index (χ3v) is 7.33. The number of aliphatic hydroxyl groups excluding tert-OH is 1. The topological polar surface area (TPSA) is 156 Å². The molecule has 2 amide bonds. The maximum atomic E-state index is 13.2. The number of fused-ring (bicyclic) bond motifs is 4. The number of hydrogen-bond donors (Lipinski definition) is 4. The summed E-state index contributed by atoms with van der Waals surface area (Å²) in [6, 6.07) is 14.0. The number of nitrogens with one attached hydrogen (secondary N) is 3. The smallest absolute Gasteiger partial charge is 0.411 e. The molecule has 0 spiro atoms. The Hall–Kier alpha value is -4.81. The van der Waals surface area contributed by atoms with E-state index in [9.17, 15) is 14.7 Å². The Morgan fingerprint density at radius 1 is 1.16 bits per heavy atom. The van der Waals surface area contributed by atoms with E-state index >= 15 is 0 Å². The number of methoxy groups -OCH3 is 1. The Morgan fingerprint density at radius 3 is 2.81 bits per heavy atom. The van der Waals surface area contributed by atoms with Gasteiger partial charge in [-0.3, -0.25) is 15.1 Å². The number of pyridine rings is 1. The maximum absolute atomic E-state index is 13.2. The van der Waals surface area contributed by atoms with Gasteiger partial charge in [-0.25, -0.2) is 4.79 Å². The van der Waals surface area contributed by atoms with Gasteiger partial charge in [0.25, 0.3) is 0 Å². The second-order valence-corrected chi connectivity index (χ2v) is 10.4. The third-order valence-electron chi connectivity index (χ3n) is 7.09. The summed E-state index contributed by atoms with van der Waals surface area (Å²) >= 11 is 6.22. The van der Waals surface area contributed by atoms with E-state index in [0.717, 1.165) is 35.3 Å². The van der Waals surface area contributed by atoms with Crippen molar-refractivity contribution in [2.45, 2.75) is 37.8 Å². The minimum Gasteiger partial charge on any atom is -0.453 e. The molecule has 1 aliphatic rings. The zero-order chi connectivity index (χ0) is 30.2. The number of carbonyl (C=O) groups is 2. The molecule has 0 saturated carbocycles. The zero-order valence-electron chi connectivity index (χ0n) is 23.4. The molecule has 5 rings (SSSR count). The van der Waals surface area contributed by atoms with Gasteiger partial charge in [0.05, 0.1) is 31.1 Å². The van der Waals surface area contributed by atoms with Crippen molar-refractivity contribution in [3.05, 3.63) is 83.4 Å². The molecule has 0 unspecified atom stereocenters. The summed E-state index contributed by atoms with van der Waals surface area (Å²) in [6.07, 6.45) is 8.71. The minimum absolute atomic E-state index is 0.0587. The fraction of sp³-hybridized carbons (Fsp3) is 0.267. The van der Waals surface area contributed by atoms with E-state index in [0.29, 0.717) is 34.8 Å². The molecule has 2 atom stereocenters. The van der Waals surface area contributed by atoms with Crippen LogP contribution in [0.15, 0.2) is 67.1 Å². The average molecular weight is 603 g/mol. The number of carbonyl (C=O) groups excluding carboxylic acids is 2. The Balaban J connectivity index is 1.42.